The van der Waals surface area contributed by atoms with Crippen molar-refractivity contribution in [2.45, 2.75) is 24.7 Å². The van der Waals surface area contributed by atoms with Crippen LogP contribution in [0.25, 0.3) is 0 Å². The van der Waals surface area contributed by atoms with E-state index in [9.17, 15) is 13.2 Å². The van der Waals surface area contributed by atoms with Crippen LogP contribution in [-0.2, 0) is 14.8 Å². The fourth-order valence-electron chi connectivity index (χ4n) is 3.01. The summed E-state index contributed by atoms with van der Waals surface area (Å²) in [6, 6.07) is 11.3. The number of halogens is 1. The first-order valence-corrected chi connectivity index (χ1v) is 11.2. The van der Waals surface area contributed by atoms with Gasteiger partial charge in [0.2, 0.25) is 10.0 Å². The van der Waals surface area contributed by atoms with Crippen molar-refractivity contribution in [3.05, 3.63) is 47.5 Å². The van der Waals surface area contributed by atoms with Crippen LogP contribution >= 0.6 is 11.6 Å². The lowest BCUT2D eigenvalue weighted by atomic mass is 10.3. The predicted octanol–water partition coefficient (Wildman–Crippen LogP) is 3.54. The molecule has 1 saturated heterocycles. The van der Waals surface area contributed by atoms with Gasteiger partial charge in [-0.2, -0.15) is 4.31 Å². The number of benzene rings is 2. The Morgan fingerprint density at radius 1 is 1.10 bits per heavy atom. The Morgan fingerprint density at radius 2 is 1.79 bits per heavy atom. The first-order valence-electron chi connectivity index (χ1n) is 9.35. The lowest BCUT2D eigenvalue weighted by Gasteiger charge is -2.18. The number of rotatable bonds is 8. The second-order valence-electron chi connectivity index (χ2n) is 6.50. The summed E-state index contributed by atoms with van der Waals surface area (Å²) >= 11 is 6.01. The molecule has 1 amide bonds. The van der Waals surface area contributed by atoms with Crippen LogP contribution in [0.1, 0.15) is 19.8 Å². The van der Waals surface area contributed by atoms with Crippen LogP contribution in [0.15, 0.2) is 47.4 Å². The Hall–Kier alpha value is -2.29. The zero-order valence-electron chi connectivity index (χ0n) is 16.1. The summed E-state index contributed by atoms with van der Waals surface area (Å²) in [5.41, 5.74) is 0.586. The molecule has 1 aliphatic rings. The van der Waals surface area contributed by atoms with Crippen molar-refractivity contribution in [2.75, 3.05) is 31.6 Å². The third kappa shape index (κ3) is 5.41. The van der Waals surface area contributed by atoms with Gasteiger partial charge in [-0.3, -0.25) is 4.79 Å². The number of hydrogen-bond acceptors (Lipinski definition) is 5. The molecule has 0 aliphatic carbocycles. The molecule has 0 atom stereocenters. The molecule has 2 aromatic rings. The van der Waals surface area contributed by atoms with Gasteiger partial charge < -0.3 is 14.8 Å². The summed E-state index contributed by atoms with van der Waals surface area (Å²) in [5.74, 6) is 0.399. The van der Waals surface area contributed by atoms with Gasteiger partial charge in [0.05, 0.1) is 6.61 Å². The van der Waals surface area contributed by atoms with Gasteiger partial charge in [-0.1, -0.05) is 11.6 Å². The summed E-state index contributed by atoms with van der Waals surface area (Å²) < 4.78 is 38.1. The molecule has 156 valence electrons. The molecule has 29 heavy (non-hydrogen) atoms. The van der Waals surface area contributed by atoms with E-state index >= 15 is 0 Å². The number of anilines is 1. The largest absolute Gasteiger partial charge is 0.494 e. The van der Waals surface area contributed by atoms with Crippen molar-refractivity contribution < 1.29 is 22.7 Å². The smallest absolute Gasteiger partial charge is 0.262 e. The molecule has 0 bridgehead atoms. The fourth-order valence-corrected chi connectivity index (χ4v) is 4.92. The first kappa shape index (κ1) is 21.4. The van der Waals surface area contributed by atoms with Crippen LogP contribution in [-0.4, -0.2) is 44.9 Å². The van der Waals surface area contributed by atoms with Gasteiger partial charge in [0, 0.05) is 23.8 Å². The van der Waals surface area contributed by atoms with Crippen molar-refractivity contribution in [2.24, 2.45) is 0 Å². The monoisotopic (exact) mass is 438 g/mol. The third-order valence-corrected chi connectivity index (χ3v) is 6.55. The summed E-state index contributed by atoms with van der Waals surface area (Å²) in [5, 5.41) is 2.99. The van der Waals surface area contributed by atoms with Crippen LogP contribution < -0.4 is 14.8 Å². The number of amides is 1. The van der Waals surface area contributed by atoms with Gasteiger partial charge in [0.25, 0.3) is 5.91 Å². The van der Waals surface area contributed by atoms with Crippen LogP contribution in [0.2, 0.25) is 5.02 Å². The molecule has 7 nitrogen and oxygen atoms in total. The predicted molar refractivity (Wildman–Crippen MR) is 111 cm³/mol. The van der Waals surface area contributed by atoms with Crippen molar-refractivity contribution >= 4 is 33.2 Å². The Kier molecular flexibility index (Phi) is 7.00. The average Bonchev–Trinajstić information content (AvgIpc) is 3.24. The third-order valence-electron chi connectivity index (χ3n) is 4.40. The zero-order valence-corrected chi connectivity index (χ0v) is 17.6. The van der Waals surface area contributed by atoms with E-state index < -0.39 is 15.9 Å². The molecule has 0 radical (unpaired) electrons. The lowest BCUT2D eigenvalue weighted by molar-refractivity contribution is -0.118. The normalized spacial score (nSPS) is 14.6. The van der Waals surface area contributed by atoms with Gasteiger partial charge in [0.1, 0.15) is 16.4 Å². The van der Waals surface area contributed by atoms with Crippen molar-refractivity contribution in [1.29, 1.82) is 0 Å². The highest BCUT2D eigenvalue weighted by molar-refractivity contribution is 7.89. The molecule has 0 aromatic heterocycles. The standard InChI is InChI=1S/C20H23ClN2O5S/c1-2-27-17-8-6-16(7-9-17)22-20(24)14-28-18-10-5-15(21)13-19(18)29(25,26)23-11-3-4-12-23/h5-10,13H,2-4,11-12,14H2,1H3,(H,22,24). The van der Waals surface area contributed by atoms with Gasteiger partial charge in [0.15, 0.2) is 6.61 Å². The van der Waals surface area contributed by atoms with E-state index in [-0.39, 0.29) is 22.3 Å². The lowest BCUT2D eigenvalue weighted by Crippen LogP contribution is -2.28. The Bertz CT molecular complexity index is 957. The average molecular weight is 439 g/mol. The van der Waals surface area contributed by atoms with Gasteiger partial charge in [-0.25, -0.2) is 8.42 Å². The first-order chi connectivity index (χ1) is 13.9. The minimum atomic E-state index is -3.73. The van der Waals surface area contributed by atoms with E-state index in [4.69, 9.17) is 21.1 Å². The molecule has 0 unspecified atom stereocenters. The van der Waals surface area contributed by atoms with E-state index in [1.54, 1.807) is 24.3 Å². The molecule has 1 heterocycles. The van der Waals surface area contributed by atoms with Gasteiger partial charge in [-0.05, 0) is 62.2 Å². The number of carbonyl (C=O) groups excluding carboxylic acids is 1. The summed E-state index contributed by atoms with van der Waals surface area (Å²) in [6.45, 7) is 3.04. The van der Waals surface area contributed by atoms with Crippen molar-refractivity contribution in [3.8, 4) is 11.5 Å². The van der Waals surface area contributed by atoms with Crippen LogP contribution in [0.4, 0.5) is 5.69 Å². The van der Waals surface area contributed by atoms with E-state index in [2.05, 4.69) is 5.32 Å². The van der Waals surface area contributed by atoms with Crippen molar-refractivity contribution in [3.63, 3.8) is 0 Å². The van der Waals surface area contributed by atoms with Crippen LogP contribution in [0, 0.1) is 0 Å². The van der Waals surface area contributed by atoms with E-state index in [1.807, 2.05) is 6.92 Å². The highest BCUT2D eigenvalue weighted by Gasteiger charge is 2.30. The number of carbonyl (C=O) groups is 1. The number of sulfonamides is 1. The molecule has 1 fully saturated rings. The highest BCUT2D eigenvalue weighted by Crippen LogP contribution is 2.31. The Balaban J connectivity index is 1.68. The maximum absolute atomic E-state index is 12.9. The van der Waals surface area contributed by atoms with E-state index in [1.165, 1.54) is 22.5 Å². The molecule has 2 aromatic carbocycles. The summed E-state index contributed by atoms with van der Waals surface area (Å²) in [6.07, 6.45) is 1.64. The van der Waals surface area contributed by atoms with E-state index in [0.29, 0.717) is 31.1 Å². The molecule has 3 rings (SSSR count). The van der Waals surface area contributed by atoms with Crippen molar-refractivity contribution in [1.82, 2.24) is 4.31 Å². The highest BCUT2D eigenvalue weighted by atomic mass is 35.5. The van der Waals surface area contributed by atoms with Gasteiger partial charge >= 0.3 is 0 Å². The summed E-state index contributed by atoms with van der Waals surface area (Å²) in [4.78, 5) is 12.2. The molecule has 9 heteroatoms. The summed E-state index contributed by atoms with van der Waals surface area (Å²) in [7, 11) is -3.73. The minimum Gasteiger partial charge on any atom is -0.494 e. The number of nitrogens with zero attached hydrogens (tertiary/aromatic N) is 1. The zero-order chi connectivity index (χ0) is 20.9. The maximum atomic E-state index is 12.9. The minimum absolute atomic E-state index is 0.0271. The SMILES string of the molecule is CCOc1ccc(NC(=O)COc2ccc(Cl)cc2S(=O)(=O)N2CCCC2)cc1. The topological polar surface area (TPSA) is 84.9 Å². The molecule has 1 N–H and O–H groups in total. The molecule has 1 aliphatic heterocycles. The fraction of sp³-hybridized carbons (Fsp3) is 0.350. The van der Waals surface area contributed by atoms with Crippen LogP contribution in [0.3, 0.4) is 0 Å². The second kappa shape index (κ2) is 9.47. The number of hydrogen-bond donors (Lipinski definition) is 1. The van der Waals surface area contributed by atoms with Crippen LogP contribution in [0.5, 0.6) is 11.5 Å². The molecular weight excluding hydrogens is 416 g/mol. The van der Waals surface area contributed by atoms with Gasteiger partial charge in [-0.15, -0.1) is 0 Å². The maximum Gasteiger partial charge on any atom is 0.262 e. The van der Waals surface area contributed by atoms with E-state index in [0.717, 1.165) is 12.8 Å². The molecular formula is C20H23ClN2O5S. The number of ether oxygens (including phenoxy) is 2. The molecule has 0 saturated carbocycles. The Labute approximate surface area is 175 Å². The number of nitrogens with one attached hydrogen (secondary N) is 1. The quantitative estimate of drug-likeness (QED) is 0.681. The second-order valence-corrected chi connectivity index (χ2v) is 8.84. The Morgan fingerprint density at radius 3 is 2.45 bits per heavy atom. The molecule has 0 spiro atoms.